The van der Waals surface area contributed by atoms with Crippen molar-refractivity contribution < 1.29 is 86.0 Å². The van der Waals surface area contributed by atoms with E-state index in [4.69, 9.17) is 4.42 Å². The summed E-state index contributed by atoms with van der Waals surface area (Å²) in [6, 6.07) is 69.8. The van der Waals surface area contributed by atoms with Gasteiger partial charge in [0, 0.05) is 81.2 Å². The quantitative estimate of drug-likeness (QED) is 0.0634. The largest absolute Gasteiger partial charge is 0.506 e. The number of benzene rings is 8. The maximum Gasteiger partial charge on any atom is 0.455 e. The molecule has 0 spiro atoms. The number of allylic oxidation sites excluding steroid dienone is 3. The van der Waals surface area contributed by atoms with Crippen LogP contribution in [-0.4, -0.2) is 17.1 Å². The number of carbonyl (C=O) groups is 1. The van der Waals surface area contributed by atoms with Gasteiger partial charge >= 0.3 is 11.8 Å². The van der Waals surface area contributed by atoms with Crippen LogP contribution in [0.25, 0.3) is 33.2 Å². The van der Waals surface area contributed by atoms with Gasteiger partial charge in [0.2, 0.25) is 0 Å². The first-order valence-corrected chi connectivity index (χ1v) is 25.1. The van der Waals surface area contributed by atoms with Gasteiger partial charge in [-0.05, 0) is 41.3 Å². The van der Waals surface area contributed by atoms with Gasteiger partial charge in [0.05, 0.1) is 5.39 Å². The van der Waals surface area contributed by atoms with Crippen molar-refractivity contribution in [2.45, 2.75) is 13.1 Å². The van der Waals surface area contributed by atoms with Gasteiger partial charge in [0.1, 0.15) is 11.3 Å². The van der Waals surface area contributed by atoms with Gasteiger partial charge in [-0.1, -0.05) is 231 Å². The summed E-state index contributed by atoms with van der Waals surface area (Å²) in [5.74, 6) is -3.50. The molecule has 9 rings (SSSR count). The van der Waals surface area contributed by atoms with Gasteiger partial charge in [0.15, 0.2) is 19.8 Å². The molecule has 0 aliphatic rings. The topological polar surface area (TPSA) is 102 Å². The molecule has 8 aromatic carbocycles. The van der Waals surface area contributed by atoms with Gasteiger partial charge in [-0.15, -0.1) is 0 Å². The minimum Gasteiger partial charge on any atom is -0.506 e. The van der Waals surface area contributed by atoms with Crippen LogP contribution in [0.4, 0.5) is 13.2 Å². The van der Waals surface area contributed by atoms with Crippen LogP contribution in [0.1, 0.15) is 17.3 Å². The van der Waals surface area contributed by atoms with Crippen LogP contribution < -0.4 is 32.1 Å². The van der Waals surface area contributed by atoms with Crippen LogP contribution in [0.2, 0.25) is 0 Å². The molecule has 1 N–H and O–H groups in total. The molecule has 0 amide bonds. The number of carbonyl (C=O) groups excluding carboxylic acids is 1. The van der Waals surface area contributed by atoms with Crippen molar-refractivity contribution in [1.82, 2.24) is 0 Å². The molecule has 70 heavy (non-hydrogen) atoms. The molecule has 0 bridgehead atoms. The maximum atomic E-state index is 13.8. The number of fused-ring (bicyclic) bond motifs is 1. The first kappa shape index (κ1) is 53.1. The second kappa shape index (κ2) is 24.1. The Kier molecular flexibility index (Phi) is 18.2. The molecule has 0 unspecified atom stereocenters. The number of ketones is 1. The number of Topliss-reactive ketones (excluding diaryl/α,β-unsaturated/α-hetero) is 1. The fourth-order valence-electron chi connectivity index (χ4n) is 7.71. The first-order chi connectivity index (χ1) is 33.3. The van der Waals surface area contributed by atoms with Crippen molar-refractivity contribution in [3.8, 4) is 28.0 Å². The molecule has 0 saturated carbocycles. The molecule has 0 aliphatic heterocycles. The normalized spacial score (nSPS) is 11.5. The second-order valence-electron chi connectivity index (χ2n) is 15.4. The predicted octanol–water partition coefficient (Wildman–Crippen LogP) is 13.0. The molecule has 1 radical (unpaired) electrons. The van der Waals surface area contributed by atoms with Crippen LogP contribution in [0.5, 0.6) is 5.75 Å². The Morgan fingerprint density at radius 1 is 0.543 bits per heavy atom. The van der Waals surface area contributed by atoms with E-state index < -0.39 is 43.2 Å². The molecule has 1 aromatic heterocycles. The van der Waals surface area contributed by atoms with E-state index >= 15 is 0 Å². The van der Waals surface area contributed by atoms with Gasteiger partial charge < -0.3 is 18.7 Å². The molecule has 12 heteroatoms. The zero-order chi connectivity index (χ0) is 49.0. The van der Waals surface area contributed by atoms with Crippen molar-refractivity contribution in [1.29, 1.82) is 0 Å². The summed E-state index contributed by atoms with van der Waals surface area (Å²) in [6.45, 7) is 5.71. The summed E-state index contributed by atoms with van der Waals surface area (Å²) in [7, 11) is -5.57. The number of alkyl halides is 3. The van der Waals surface area contributed by atoms with Gasteiger partial charge in [-0.2, -0.15) is 13.2 Å². The fraction of sp³-hybridized carbons (Fsp3) is 0.0345. The summed E-state index contributed by atoms with van der Waals surface area (Å²) in [5, 5.41) is 15.2. The minimum absolute atomic E-state index is 0. The summed E-state index contributed by atoms with van der Waals surface area (Å²) >= 11 is 0. The number of hydrogen-bond donors (Lipinski definition) is 1. The third-order valence-corrected chi connectivity index (χ3v) is 17.5. The van der Waals surface area contributed by atoms with Crippen LogP contribution in [0.3, 0.4) is 0 Å². The van der Waals surface area contributed by atoms with Crippen LogP contribution >= 0.6 is 14.3 Å². The van der Waals surface area contributed by atoms with Crippen molar-refractivity contribution in [3.05, 3.63) is 264 Å². The Labute approximate surface area is 445 Å². The predicted molar refractivity (Wildman–Crippen MR) is 275 cm³/mol. The van der Waals surface area contributed by atoms with E-state index in [0.29, 0.717) is 5.56 Å². The Hall–Kier alpha value is -6.25. The molecule has 351 valence electrons. The fourth-order valence-corrected chi connectivity index (χ4v) is 13.1. The Morgan fingerprint density at radius 3 is 1.26 bits per heavy atom. The Bertz CT molecular complexity index is 3220. The standard InChI is InChI=1S/C23H13F3O4.C18H15OP.C17H17OP.Eu/c24-23(25,26)21(28)19-20(27)17-12-16(10-11-18(17)30-22(19)29)15-8-6-14(7-9-15)13-4-2-1-3-5-13;19-20(16-10-4-1-5-11-16,17-12-6-2-7-13-17)18-14-8-3-9-15-18;1-3-15(4-2)19(18,16-11-7-5-8-12-16)17-13-9-6-10-14-17;/h1-12,27H;1-15H;3-14H,1H2,2H3;/b;;15-4+;. The molecule has 1 heterocycles. The molecule has 6 nitrogen and oxygen atoms in total. The van der Waals surface area contributed by atoms with Crippen LogP contribution in [-0.2, 0) is 9.13 Å². The number of aromatic hydroxyl groups is 1. The van der Waals surface area contributed by atoms with Gasteiger partial charge in [0.25, 0.3) is 5.78 Å². The van der Waals surface area contributed by atoms with E-state index in [1.807, 2.05) is 219 Å². The third-order valence-electron chi connectivity index (χ3n) is 11.2. The number of hydrogen-bond acceptors (Lipinski definition) is 6. The SMILES string of the molecule is C=C/C(=C\C)P(=O)(c1ccccc1)c1ccccc1.O=C(c1c(O)c2cc(-c3ccc(-c4ccccc4)cc3)ccc2oc1=O)C(F)(F)F.O=P(c1ccccc1)(c1ccccc1)c1ccccc1.[Eu]. The van der Waals surface area contributed by atoms with E-state index in [1.165, 1.54) is 12.1 Å². The zero-order valence-corrected chi connectivity index (χ0v) is 41.8. The number of halogens is 3. The summed E-state index contributed by atoms with van der Waals surface area (Å²) in [5.41, 5.74) is 0.210. The van der Waals surface area contributed by atoms with Crippen LogP contribution in [0.15, 0.2) is 258 Å². The minimum atomic E-state index is -5.31. The molecule has 0 atom stereocenters. The van der Waals surface area contributed by atoms with Gasteiger partial charge in [-0.3, -0.25) is 4.79 Å². The molecule has 0 fully saturated rings. The summed E-state index contributed by atoms with van der Waals surface area (Å²) in [6.07, 6.45) is -1.74. The summed E-state index contributed by atoms with van der Waals surface area (Å²) < 4.78 is 70.6. The van der Waals surface area contributed by atoms with Crippen molar-refractivity contribution in [2.24, 2.45) is 0 Å². The van der Waals surface area contributed by atoms with Crippen molar-refractivity contribution in [2.75, 3.05) is 0 Å². The molecular formula is C58H45EuF3O6P2. The van der Waals surface area contributed by atoms with E-state index in [9.17, 15) is 37.0 Å². The zero-order valence-electron chi connectivity index (χ0n) is 37.6. The van der Waals surface area contributed by atoms with Crippen molar-refractivity contribution in [3.63, 3.8) is 0 Å². The average molecular weight is 1110 g/mol. The molecule has 9 aromatic rings. The van der Waals surface area contributed by atoms with Crippen LogP contribution in [0, 0.1) is 49.4 Å². The van der Waals surface area contributed by atoms with Crippen molar-refractivity contribution >= 4 is 57.6 Å². The maximum absolute atomic E-state index is 13.8. The smallest absolute Gasteiger partial charge is 0.455 e. The Morgan fingerprint density at radius 2 is 0.886 bits per heavy atom. The third kappa shape index (κ3) is 11.8. The van der Waals surface area contributed by atoms with E-state index in [1.54, 1.807) is 12.1 Å². The van der Waals surface area contributed by atoms with E-state index in [-0.39, 0.29) is 60.3 Å². The monoisotopic (exact) mass is 1110 g/mol. The number of rotatable bonds is 10. The average Bonchev–Trinajstić information content (AvgIpc) is 3.40. The first-order valence-electron chi connectivity index (χ1n) is 21.7. The Balaban J connectivity index is 0.000000178. The molecular weight excluding hydrogens is 1060 g/mol. The van der Waals surface area contributed by atoms with E-state index in [2.05, 4.69) is 6.58 Å². The summed E-state index contributed by atoms with van der Waals surface area (Å²) in [4.78, 5) is 23.4. The molecule has 0 aliphatic carbocycles. The van der Waals surface area contributed by atoms with Gasteiger partial charge in [-0.25, -0.2) is 4.79 Å². The molecule has 0 saturated heterocycles. The second-order valence-corrected chi connectivity index (χ2v) is 20.9. The van der Waals surface area contributed by atoms with E-state index in [0.717, 1.165) is 48.5 Å².